The van der Waals surface area contributed by atoms with E-state index >= 15 is 0 Å². The fourth-order valence-electron chi connectivity index (χ4n) is 1.99. The molecule has 1 aromatic rings. The summed E-state index contributed by atoms with van der Waals surface area (Å²) in [5.74, 6) is 0.461. The number of rotatable bonds is 8. The topological polar surface area (TPSA) is 26.3 Å². The molecule has 110 valence electrons. The van der Waals surface area contributed by atoms with Crippen molar-refractivity contribution in [3.63, 3.8) is 0 Å². The highest BCUT2D eigenvalue weighted by atomic mass is 16.5. The number of benzene rings is 1. The number of esters is 1. The number of hydrogen-bond donors (Lipinski definition) is 0. The second-order valence-corrected chi connectivity index (χ2v) is 5.64. The lowest BCUT2D eigenvalue weighted by atomic mass is 10.0. The molecule has 0 aliphatic heterocycles. The maximum Gasteiger partial charge on any atom is 0.310 e. The molecular weight excluding hydrogens is 248 g/mol. The van der Waals surface area contributed by atoms with Crippen LogP contribution in [-0.2, 0) is 16.0 Å². The fraction of sp³-hybridized carbons (Fsp3) is 0.500. The minimum atomic E-state index is -0.132. The van der Waals surface area contributed by atoms with E-state index in [1.165, 1.54) is 5.57 Å². The minimum absolute atomic E-state index is 0.132. The summed E-state index contributed by atoms with van der Waals surface area (Å²) in [5.41, 5.74) is 2.38. The van der Waals surface area contributed by atoms with Crippen molar-refractivity contribution in [1.82, 2.24) is 0 Å². The van der Waals surface area contributed by atoms with Crippen LogP contribution in [-0.4, -0.2) is 12.6 Å². The van der Waals surface area contributed by atoms with E-state index in [0.29, 0.717) is 18.9 Å². The van der Waals surface area contributed by atoms with Crippen molar-refractivity contribution in [2.75, 3.05) is 6.61 Å². The van der Waals surface area contributed by atoms with Gasteiger partial charge in [0.15, 0.2) is 0 Å². The van der Waals surface area contributed by atoms with Crippen LogP contribution in [0.4, 0.5) is 0 Å². The lowest BCUT2D eigenvalue weighted by molar-refractivity contribution is -0.143. The zero-order chi connectivity index (χ0) is 14.8. The van der Waals surface area contributed by atoms with Crippen molar-refractivity contribution < 1.29 is 9.53 Å². The van der Waals surface area contributed by atoms with E-state index in [-0.39, 0.29) is 5.97 Å². The summed E-state index contributed by atoms with van der Waals surface area (Å²) in [7, 11) is 0. The standard InChI is InChI=1S/C18H26O2/c1-15(2)8-7-9-16(3)12-13-20-18(19)14-17-10-5-4-6-11-17/h4-6,8,10-11,16H,7,9,12-14H2,1-3H3/t16-/m1/s1. The summed E-state index contributed by atoms with van der Waals surface area (Å²) >= 11 is 0. The van der Waals surface area contributed by atoms with Crippen molar-refractivity contribution in [3.8, 4) is 0 Å². The Kier molecular flexibility index (Phi) is 7.71. The summed E-state index contributed by atoms with van der Waals surface area (Å²) in [6.45, 7) is 6.98. The van der Waals surface area contributed by atoms with Gasteiger partial charge in [-0.05, 0) is 44.6 Å². The van der Waals surface area contributed by atoms with E-state index in [1.54, 1.807) is 0 Å². The highest BCUT2D eigenvalue weighted by Crippen LogP contribution is 2.12. The second kappa shape index (κ2) is 9.35. The van der Waals surface area contributed by atoms with E-state index in [2.05, 4.69) is 26.8 Å². The Morgan fingerprint density at radius 1 is 1.20 bits per heavy atom. The molecule has 0 aromatic heterocycles. The van der Waals surface area contributed by atoms with Gasteiger partial charge < -0.3 is 4.74 Å². The third-order valence-electron chi connectivity index (χ3n) is 3.28. The summed E-state index contributed by atoms with van der Waals surface area (Å²) < 4.78 is 5.29. The van der Waals surface area contributed by atoms with Gasteiger partial charge in [-0.25, -0.2) is 0 Å². The van der Waals surface area contributed by atoms with Crippen molar-refractivity contribution in [2.24, 2.45) is 5.92 Å². The van der Waals surface area contributed by atoms with Crippen LogP contribution in [0.25, 0.3) is 0 Å². The van der Waals surface area contributed by atoms with Gasteiger partial charge in [-0.15, -0.1) is 0 Å². The SMILES string of the molecule is CC(C)=CCC[C@@H](C)CCOC(=O)Cc1ccccc1. The predicted molar refractivity (Wildman–Crippen MR) is 83.6 cm³/mol. The summed E-state index contributed by atoms with van der Waals surface area (Å²) in [4.78, 5) is 11.7. The first-order chi connectivity index (χ1) is 9.58. The largest absolute Gasteiger partial charge is 0.465 e. The Bertz CT molecular complexity index is 416. The number of carbonyl (C=O) groups excluding carboxylic acids is 1. The molecule has 1 aromatic carbocycles. The van der Waals surface area contributed by atoms with E-state index in [4.69, 9.17) is 4.74 Å². The third-order valence-corrected chi connectivity index (χ3v) is 3.28. The Balaban J connectivity index is 2.14. The molecule has 0 spiro atoms. The summed E-state index contributed by atoms with van der Waals surface area (Å²) in [6, 6.07) is 9.72. The minimum Gasteiger partial charge on any atom is -0.465 e. The van der Waals surface area contributed by atoms with Gasteiger partial charge in [0.05, 0.1) is 13.0 Å². The molecule has 0 aliphatic rings. The van der Waals surface area contributed by atoms with E-state index in [0.717, 1.165) is 24.8 Å². The molecule has 2 nitrogen and oxygen atoms in total. The average Bonchev–Trinajstić information content (AvgIpc) is 2.39. The van der Waals surface area contributed by atoms with Gasteiger partial charge in [-0.3, -0.25) is 4.79 Å². The molecule has 0 N–H and O–H groups in total. The monoisotopic (exact) mass is 274 g/mol. The van der Waals surface area contributed by atoms with E-state index in [1.807, 2.05) is 30.3 Å². The molecular formula is C18H26O2. The Morgan fingerprint density at radius 3 is 2.55 bits per heavy atom. The zero-order valence-electron chi connectivity index (χ0n) is 12.9. The molecule has 0 heterocycles. The predicted octanol–water partition coefficient (Wildman–Crippen LogP) is 4.54. The summed E-state index contributed by atoms with van der Waals surface area (Å²) in [5, 5.41) is 0. The van der Waals surface area contributed by atoms with Crippen LogP contribution < -0.4 is 0 Å². The number of carbonyl (C=O) groups is 1. The van der Waals surface area contributed by atoms with Crippen LogP contribution in [0.5, 0.6) is 0 Å². The lowest BCUT2D eigenvalue weighted by Crippen LogP contribution is -2.11. The van der Waals surface area contributed by atoms with Crippen LogP contribution in [0.1, 0.15) is 45.6 Å². The van der Waals surface area contributed by atoms with Crippen LogP contribution in [0.15, 0.2) is 42.0 Å². The third kappa shape index (κ3) is 7.78. The Hall–Kier alpha value is -1.57. The van der Waals surface area contributed by atoms with Crippen LogP contribution >= 0.6 is 0 Å². The van der Waals surface area contributed by atoms with Gasteiger partial charge >= 0.3 is 5.97 Å². The molecule has 0 radical (unpaired) electrons. The van der Waals surface area contributed by atoms with Crippen molar-refractivity contribution >= 4 is 5.97 Å². The molecule has 1 atom stereocenters. The van der Waals surface area contributed by atoms with Gasteiger partial charge in [0.2, 0.25) is 0 Å². The van der Waals surface area contributed by atoms with Gasteiger partial charge in [-0.2, -0.15) is 0 Å². The number of allylic oxidation sites excluding steroid dienone is 2. The molecule has 1 rings (SSSR count). The molecule has 0 bridgehead atoms. The average molecular weight is 274 g/mol. The smallest absolute Gasteiger partial charge is 0.310 e. The van der Waals surface area contributed by atoms with Crippen LogP contribution in [0.3, 0.4) is 0 Å². The first-order valence-corrected chi connectivity index (χ1v) is 7.41. The Morgan fingerprint density at radius 2 is 1.90 bits per heavy atom. The fourth-order valence-corrected chi connectivity index (χ4v) is 1.99. The first-order valence-electron chi connectivity index (χ1n) is 7.41. The van der Waals surface area contributed by atoms with Gasteiger partial charge in [0, 0.05) is 0 Å². The molecule has 20 heavy (non-hydrogen) atoms. The molecule has 0 aliphatic carbocycles. The van der Waals surface area contributed by atoms with Crippen molar-refractivity contribution in [1.29, 1.82) is 0 Å². The normalized spacial score (nSPS) is 11.8. The molecule has 0 saturated heterocycles. The molecule has 0 fully saturated rings. The van der Waals surface area contributed by atoms with Crippen molar-refractivity contribution in [3.05, 3.63) is 47.5 Å². The van der Waals surface area contributed by atoms with E-state index < -0.39 is 0 Å². The van der Waals surface area contributed by atoms with Gasteiger partial charge in [-0.1, -0.05) is 48.9 Å². The van der Waals surface area contributed by atoms with E-state index in [9.17, 15) is 4.79 Å². The number of hydrogen-bond acceptors (Lipinski definition) is 2. The highest BCUT2D eigenvalue weighted by molar-refractivity contribution is 5.72. The zero-order valence-corrected chi connectivity index (χ0v) is 12.9. The van der Waals surface area contributed by atoms with Crippen LogP contribution in [0, 0.1) is 5.92 Å². The Labute approximate surface area is 122 Å². The van der Waals surface area contributed by atoms with Gasteiger partial charge in [0.25, 0.3) is 0 Å². The maximum atomic E-state index is 11.7. The second-order valence-electron chi connectivity index (χ2n) is 5.64. The molecule has 0 amide bonds. The maximum absolute atomic E-state index is 11.7. The van der Waals surface area contributed by atoms with Crippen molar-refractivity contribution in [2.45, 2.75) is 46.5 Å². The highest BCUT2D eigenvalue weighted by Gasteiger charge is 2.06. The molecule has 0 unspecified atom stereocenters. The summed E-state index contributed by atoms with van der Waals surface area (Å²) in [6.07, 6.45) is 5.84. The first kappa shape index (κ1) is 16.5. The quantitative estimate of drug-likeness (QED) is 0.513. The van der Waals surface area contributed by atoms with Gasteiger partial charge in [0.1, 0.15) is 0 Å². The lowest BCUT2D eigenvalue weighted by Gasteiger charge is -2.10. The van der Waals surface area contributed by atoms with Crippen LogP contribution in [0.2, 0.25) is 0 Å². The molecule has 2 heteroatoms. The number of ether oxygens (including phenoxy) is 1. The molecule has 0 saturated carbocycles.